The molecule has 2 aromatic carbocycles. The third kappa shape index (κ3) is 4.84. The van der Waals surface area contributed by atoms with Gasteiger partial charge in [0.1, 0.15) is 17.1 Å². The van der Waals surface area contributed by atoms with Crippen molar-refractivity contribution < 1.29 is 19.1 Å². The lowest BCUT2D eigenvalue weighted by atomic mass is 10.1. The molecule has 6 nitrogen and oxygen atoms in total. The van der Waals surface area contributed by atoms with Crippen LogP contribution in [0.15, 0.2) is 63.8 Å². The monoisotopic (exact) mass is 375 g/mol. The lowest BCUT2D eigenvalue weighted by Gasteiger charge is -2.15. The molecular weight excluding hydrogens is 358 g/mol. The summed E-state index contributed by atoms with van der Waals surface area (Å²) in [5.74, 6) is 0.313. The fraction of sp³-hybridized carbons (Fsp3) is 0.158. The molecule has 0 aliphatic heterocycles. The van der Waals surface area contributed by atoms with Crippen molar-refractivity contribution in [1.82, 2.24) is 4.90 Å². The van der Waals surface area contributed by atoms with Gasteiger partial charge in [0, 0.05) is 24.1 Å². The van der Waals surface area contributed by atoms with E-state index in [9.17, 15) is 9.59 Å². The van der Waals surface area contributed by atoms with Gasteiger partial charge in [-0.15, -0.1) is 12.4 Å². The maximum absolute atomic E-state index is 11.8. The summed E-state index contributed by atoms with van der Waals surface area (Å²) in [6, 6.07) is 15.9. The van der Waals surface area contributed by atoms with Crippen molar-refractivity contribution in [1.29, 1.82) is 0 Å². The predicted octanol–water partition coefficient (Wildman–Crippen LogP) is 3.52. The summed E-state index contributed by atoms with van der Waals surface area (Å²) in [6.45, 7) is 0.213. The molecule has 3 aromatic rings. The molecular formula is C19H18ClNO5. The quantitative estimate of drug-likeness (QED) is 0.664. The van der Waals surface area contributed by atoms with Gasteiger partial charge in [-0.1, -0.05) is 18.2 Å². The number of carboxylic acids is 1. The van der Waals surface area contributed by atoms with E-state index < -0.39 is 11.6 Å². The molecule has 0 aliphatic rings. The van der Waals surface area contributed by atoms with E-state index >= 15 is 0 Å². The highest BCUT2D eigenvalue weighted by Gasteiger charge is 2.11. The molecule has 0 saturated heterocycles. The second-order valence-corrected chi connectivity index (χ2v) is 5.73. The molecule has 1 heterocycles. The number of carboxylic acid groups (broad SMARTS) is 1. The second-order valence-electron chi connectivity index (χ2n) is 5.73. The molecule has 0 unspecified atom stereocenters. The SMILES string of the molecule is CN(CC(=O)O)Cc1cc(=O)oc2cc(Oc3ccccc3)ccc12.Cl. The molecule has 0 radical (unpaired) electrons. The molecule has 0 aliphatic carbocycles. The van der Waals surface area contributed by atoms with Crippen molar-refractivity contribution in [2.75, 3.05) is 13.6 Å². The van der Waals surface area contributed by atoms with Gasteiger partial charge in [0.2, 0.25) is 0 Å². The van der Waals surface area contributed by atoms with Crippen molar-refractivity contribution >= 4 is 29.3 Å². The molecule has 7 heteroatoms. The summed E-state index contributed by atoms with van der Waals surface area (Å²) in [4.78, 5) is 24.3. The van der Waals surface area contributed by atoms with E-state index in [1.807, 2.05) is 30.3 Å². The zero-order valence-electron chi connectivity index (χ0n) is 14.0. The first-order valence-corrected chi connectivity index (χ1v) is 7.71. The minimum absolute atomic E-state index is 0. The summed E-state index contributed by atoms with van der Waals surface area (Å²) in [5.41, 5.74) is 0.629. The molecule has 1 N–H and O–H groups in total. The number of halogens is 1. The average molecular weight is 376 g/mol. The van der Waals surface area contributed by atoms with Crippen molar-refractivity contribution in [2.24, 2.45) is 0 Å². The predicted molar refractivity (Wildman–Crippen MR) is 100 cm³/mol. The Morgan fingerprint density at radius 3 is 2.54 bits per heavy atom. The van der Waals surface area contributed by atoms with Crippen LogP contribution in [-0.2, 0) is 11.3 Å². The molecule has 1 aromatic heterocycles. The summed E-state index contributed by atoms with van der Waals surface area (Å²) in [7, 11) is 1.68. The van der Waals surface area contributed by atoms with Gasteiger partial charge in [0.15, 0.2) is 0 Å². The topological polar surface area (TPSA) is 80.0 Å². The number of para-hydroxylation sites is 1. The van der Waals surface area contributed by atoms with Gasteiger partial charge in [0.25, 0.3) is 0 Å². The van der Waals surface area contributed by atoms with Crippen LogP contribution in [0.2, 0.25) is 0 Å². The fourth-order valence-electron chi connectivity index (χ4n) is 2.61. The maximum atomic E-state index is 11.8. The number of likely N-dealkylation sites (N-methyl/N-ethyl adjacent to an activating group) is 1. The minimum Gasteiger partial charge on any atom is -0.480 e. The molecule has 0 bridgehead atoms. The summed E-state index contributed by atoms with van der Waals surface area (Å²) >= 11 is 0. The van der Waals surface area contributed by atoms with Gasteiger partial charge < -0.3 is 14.3 Å². The first-order chi connectivity index (χ1) is 12.0. The molecule has 3 rings (SSSR count). The zero-order chi connectivity index (χ0) is 17.8. The normalized spacial score (nSPS) is 10.5. The van der Waals surface area contributed by atoms with Crippen molar-refractivity contribution in [2.45, 2.75) is 6.54 Å². The van der Waals surface area contributed by atoms with Crippen LogP contribution in [0.1, 0.15) is 5.56 Å². The highest BCUT2D eigenvalue weighted by atomic mass is 35.5. The number of hydrogen-bond acceptors (Lipinski definition) is 5. The van der Waals surface area contributed by atoms with Gasteiger partial charge >= 0.3 is 11.6 Å². The van der Waals surface area contributed by atoms with Crippen molar-refractivity contribution in [3.05, 3.63) is 70.6 Å². The Bertz CT molecular complexity index is 955. The van der Waals surface area contributed by atoms with E-state index in [1.165, 1.54) is 6.07 Å². The van der Waals surface area contributed by atoms with E-state index in [-0.39, 0.29) is 19.0 Å². The van der Waals surface area contributed by atoms with Gasteiger partial charge in [-0.25, -0.2) is 4.79 Å². The Labute approximate surface area is 156 Å². The van der Waals surface area contributed by atoms with Crippen LogP contribution in [-0.4, -0.2) is 29.6 Å². The minimum atomic E-state index is -0.923. The van der Waals surface area contributed by atoms with E-state index in [0.717, 1.165) is 5.39 Å². The fourth-order valence-corrected chi connectivity index (χ4v) is 2.61. The molecule has 0 fully saturated rings. The van der Waals surface area contributed by atoms with Gasteiger partial charge in [-0.3, -0.25) is 9.69 Å². The third-order valence-electron chi connectivity index (χ3n) is 3.63. The highest BCUT2D eigenvalue weighted by molar-refractivity contribution is 5.85. The molecule has 0 atom stereocenters. The molecule has 0 saturated carbocycles. The van der Waals surface area contributed by atoms with E-state index in [4.69, 9.17) is 14.3 Å². The van der Waals surface area contributed by atoms with E-state index in [2.05, 4.69) is 0 Å². The van der Waals surface area contributed by atoms with E-state index in [0.29, 0.717) is 29.2 Å². The Morgan fingerprint density at radius 1 is 1.12 bits per heavy atom. The van der Waals surface area contributed by atoms with Crippen LogP contribution in [0, 0.1) is 0 Å². The van der Waals surface area contributed by atoms with Gasteiger partial charge in [-0.05, 0) is 36.9 Å². The van der Waals surface area contributed by atoms with Crippen LogP contribution in [0.4, 0.5) is 0 Å². The van der Waals surface area contributed by atoms with Crippen LogP contribution in [0.25, 0.3) is 11.0 Å². The molecule has 136 valence electrons. The van der Waals surface area contributed by atoms with Gasteiger partial charge in [-0.2, -0.15) is 0 Å². The number of fused-ring (bicyclic) bond motifs is 1. The van der Waals surface area contributed by atoms with Crippen molar-refractivity contribution in [3.8, 4) is 11.5 Å². The Balaban J connectivity index is 0.00000243. The summed E-state index contributed by atoms with van der Waals surface area (Å²) in [6.07, 6.45) is 0. The lowest BCUT2D eigenvalue weighted by Crippen LogP contribution is -2.25. The highest BCUT2D eigenvalue weighted by Crippen LogP contribution is 2.27. The van der Waals surface area contributed by atoms with E-state index in [1.54, 1.807) is 30.1 Å². The van der Waals surface area contributed by atoms with Crippen LogP contribution in [0.3, 0.4) is 0 Å². The number of carbonyl (C=O) groups is 1. The maximum Gasteiger partial charge on any atom is 0.336 e. The molecule has 0 spiro atoms. The van der Waals surface area contributed by atoms with Crippen LogP contribution < -0.4 is 10.4 Å². The largest absolute Gasteiger partial charge is 0.480 e. The standard InChI is InChI=1S/C19H17NO5.ClH/c1-20(12-18(21)22)11-13-9-19(23)25-17-10-15(7-8-16(13)17)24-14-5-3-2-4-6-14;/h2-10H,11-12H2,1H3,(H,21,22);1H. The molecule has 26 heavy (non-hydrogen) atoms. The first kappa shape index (κ1) is 19.5. The number of hydrogen-bond donors (Lipinski definition) is 1. The first-order valence-electron chi connectivity index (χ1n) is 7.71. The smallest absolute Gasteiger partial charge is 0.336 e. The number of rotatable bonds is 6. The number of aliphatic carboxylic acids is 1. The zero-order valence-corrected chi connectivity index (χ0v) is 14.9. The lowest BCUT2D eigenvalue weighted by molar-refractivity contribution is -0.138. The number of benzene rings is 2. The average Bonchev–Trinajstić information content (AvgIpc) is 2.54. The molecule has 0 amide bonds. The Kier molecular flexibility index (Phi) is 6.38. The second kappa shape index (κ2) is 8.51. The Hall–Kier alpha value is -2.83. The number of ether oxygens (including phenoxy) is 1. The van der Waals surface area contributed by atoms with Crippen molar-refractivity contribution in [3.63, 3.8) is 0 Å². The van der Waals surface area contributed by atoms with Gasteiger partial charge in [0.05, 0.1) is 6.54 Å². The summed E-state index contributed by atoms with van der Waals surface area (Å²) in [5, 5.41) is 9.62. The number of nitrogens with zero attached hydrogens (tertiary/aromatic N) is 1. The third-order valence-corrected chi connectivity index (χ3v) is 3.63. The Morgan fingerprint density at radius 2 is 1.85 bits per heavy atom. The summed E-state index contributed by atoms with van der Waals surface area (Å²) < 4.78 is 11.0. The van der Waals surface area contributed by atoms with Crippen LogP contribution >= 0.6 is 12.4 Å². The van der Waals surface area contributed by atoms with Crippen LogP contribution in [0.5, 0.6) is 11.5 Å².